The number of hydrogen-bond acceptors (Lipinski definition) is 6. The van der Waals surface area contributed by atoms with Crippen LogP contribution in [-0.2, 0) is 42.0 Å². The van der Waals surface area contributed by atoms with Gasteiger partial charge >= 0.3 is 12.1 Å². The summed E-state index contributed by atoms with van der Waals surface area (Å²) in [6, 6.07) is 23.3. The van der Waals surface area contributed by atoms with Gasteiger partial charge in [0.25, 0.3) is 5.91 Å². The molecular weight excluding hydrogens is 606 g/mol. The predicted octanol–water partition coefficient (Wildman–Crippen LogP) is 7.43. The normalized spacial score (nSPS) is 14.1. The van der Waals surface area contributed by atoms with Gasteiger partial charge in [0.1, 0.15) is 18.0 Å². The summed E-state index contributed by atoms with van der Waals surface area (Å²) in [5, 5.41) is 0. The molecule has 2 amide bonds. The van der Waals surface area contributed by atoms with Gasteiger partial charge in [-0.05, 0) is 106 Å². The minimum atomic E-state index is -0.601. The number of carbonyl (C=O) groups is 3. The van der Waals surface area contributed by atoms with Crippen molar-refractivity contribution in [3.8, 4) is 17.0 Å². The Bertz CT molecular complexity index is 1820. The van der Waals surface area contributed by atoms with Crippen molar-refractivity contribution in [2.45, 2.75) is 71.8 Å². The van der Waals surface area contributed by atoms with E-state index in [1.807, 2.05) is 93.6 Å². The molecule has 250 valence electrons. The second kappa shape index (κ2) is 13.6. The highest BCUT2D eigenvalue weighted by Gasteiger charge is 2.31. The number of esters is 1. The first-order chi connectivity index (χ1) is 23.0. The first-order valence-electron chi connectivity index (χ1n) is 16.5. The summed E-state index contributed by atoms with van der Waals surface area (Å²) in [5.41, 5.74) is 6.74. The molecule has 0 saturated heterocycles. The van der Waals surface area contributed by atoms with Gasteiger partial charge in [-0.25, -0.2) is 9.59 Å². The zero-order valence-electron chi connectivity index (χ0n) is 28.4. The molecule has 3 heterocycles. The summed E-state index contributed by atoms with van der Waals surface area (Å²) >= 11 is 0. The van der Waals surface area contributed by atoms with Crippen LogP contribution < -0.4 is 9.64 Å². The van der Waals surface area contributed by atoms with Gasteiger partial charge in [0.15, 0.2) is 0 Å². The van der Waals surface area contributed by atoms with Crippen LogP contribution in [-0.4, -0.2) is 53.7 Å². The monoisotopic (exact) mass is 649 g/mol. The summed E-state index contributed by atoms with van der Waals surface area (Å²) in [7, 11) is 3.15. The number of carbonyl (C=O) groups excluding carboxylic acids is 3. The molecule has 9 nitrogen and oxygen atoms in total. The van der Waals surface area contributed by atoms with Crippen molar-refractivity contribution in [1.82, 2.24) is 9.47 Å². The number of aromatic nitrogens is 1. The van der Waals surface area contributed by atoms with E-state index in [0.717, 1.165) is 70.9 Å². The Balaban J connectivity index is 1.29. The maximum absolute atomic E-state index is 14.1. The van der Waals surface area contributed by atoms with E-state index in [0.29, 0.717) is 37.2 Å². The molecule has 0 atom stereocenters. The Morgan fingerprint density at radius 3 is 2.31 bits per heavy atom. The predicted molar refractivity (Wildman–Crippen MR) is 184 cm³/mol. The summed E-state index contributed by atoms with van der Waals surface area (Å²) in [5.74, 6) is 0.146. The number of nitrogens with zero attached hydrogens (tertiary/aromatic N) is 3. The van der Waals surface area contributed by atoms with Crippen LogP contribution in [0.2, 0.25) is 0 Å². The molecule has 2 aliphatic heterocycles. The fourth-order valence-corrected chi connectivity index (χ4v) is 6.47. The average molecular weight is 650 g/mol. The number of ether oxygens (including phenoxy) is 3. The van der Waals surface area contributed by atoms with E-state index in [-0.39, 0.29) is 12.0 Å². The molecule has 0 N–H and O–H groups in total. The van der Waals surface area contributed by atoms with Gasteiger partial charge in [0.2, 0.25) is 0 Å². The van der Waals surface area contributed by atoms with Crippen molar-refractivity contribution >= 4 is 23.7 Å². The van der Waals surface area contributed by atoms with E-state index in [1.165, 1.54) is 7.11 Å². The van der Waals surface area contributed by atoms with Crippen LogP contribution in [0.15, 0.2) is 72.8 Å². The number of benzene rings is 3. The number of hydrogen-bond donors (Lipinski definition) is 0. The third kappa shape index (κ3) is 6.95. The number of fused-ring (bicyclic) bond motifs is 2. The lowest BCUT2D eigenvalue weighted by atomic mass is 9.92. The van der Waals surface area contributed by atoms with Crippen LogP contribution in [0.1, 0.15) is 76.7 Å². The molecule has 0 spiro atoms. The second-order valence-electron chi connectivity index (χ2n) is 13.4. The van der Waals surface area contributed by atoms with Gasteiger partial charge in [-0.2, -0.15) is 0 Å². The third-order valence-electron chi connectivity index (χ3n) is 8.95. The maximum atomic E-state index is 14.1. The molecule has 0 unspecified atom stereocenters. The van der Waals surface area contributed by atoms with Crippen LogP contribution in [0.5, 0.6) is 5.75 Å². The summed E-state index contributed by atoms with van der Waals surface area (Å²) in [4.78, 5) is 43.5. The highest BCUT2D eigenvalue weighted by molar-refractivity contribution is 6.08. The first kappa shape index (κ1) is 32.9. The molecule has 1 aromatic heterocycles. The Morgan fingerprint density at radius 1 is 0.854 bits per heavy atom. The zero-order valence-corrected chi connectivity index (χ0v) is 28.4. The largest absolute Gasteiger partial charge is 0.489 e. The lowest BCUT2D eigenvalue weighted by Gasteiger charge is -2.32. The molecular formula is C39H43N3O6. The molecule has 0 aliphatic carbocycles. The van der Waals surface area contributed by atoms with Crippen molar-refractivity contribution in [1.29, 1.82) is 0 Å². The zero-order chi connectivity index (χ0) is 34.0. The van der Waals surface area contributed by atoms with Crippen molar-refractivity contribution < 1.29 is 28.6 Å². The maximum Gasteiger partial charge on any atom is 0.410 e. The topological polar surface area (TPSA) is 90.3 Å². The van der Waals surface area contributed by atoms with E-state index in [4.69, 9.17) is 14.2 Å². The number of anilines is 1. The van der Waals surface area contributed by atoms with Crippen LogP contribution >= 0.6 is 0 Å². The number of methoxy groups -OCH3 is 1. The summed E-state index contributed by atoms with van der Waals surface area (Å²) in [6.45, 7) is 7.60. The van der Waals surface area contributed by atoms with E-state index in [1.54, 1.807) is 16.8 Å². The van der Waals surface area contributed by atoms with Crippen molar-refractivity contribution in [2.75, 3.05) is 25.6 Å². The molecule has 48 heavy (non-hydrogen) atoms. The van der Waals surface area contributed by atoms with Crippen LogP contribution in [0.25, 0.3) is 11.3 Å². The lowest BCUT2D eigenvalue weighted by Crippen LogP contribution is -2.40. The Kier molecular flexibility index (Phi) is 9.31. The molecule has 6 rings (SSSR count). The van der Waals surface area contributed by atoms with Crippen LogP contribution in [0.4, 0.5) is 10.5 Å². The molecule has 0 saturated carbocycles. The molecule has 4 aromatic rings. The Labute approximate surface area is 282 Å². The first-order valence-corrected chi connectivity index (χ1v) is 16.5. The SMILES string of the molecule is COC(=O)c1cc2c(cc1-c1cc(C(=O)N(C)c3ccc(OCc4ccccc4)cc3)c3n1CCCC3)CCN(C(=O)OC(C)(C)C)C2. The fourth-order valence-electron chi connectivity index (χ4n) is 6.47. The minimum Gasteiger partial charge on any atom is -0.489 e. The molecule has 0 bridgehead atoms. The van der Waals surface area contributed by atoms with Crippen LogP contribution in [0.3, 0.4) is 0 Å². The average Bonchev–Trinajstić information content (AvgIpc) is 3.48. The minimum absolute atomic E-state index is 0.115. The van der Waals surface area contributed by atoms with Gasteiger partial charge in [-0.1, -0.05) is 30.3 Å². The lowest BCUT2D eigenvalue weighted by molar-refractivity contribution is 0.0224. The van der Waals surface area contributed by atoms with Crippen molar-refractivity contribution in [3.63, 3.8) is 0 Å². The van der Waals surface area contributed by atoms with E-state index >= 15 is 0 Å². The number of rotatable bonds is 7. The summed E-state index contributed by atoms with van der Waals surface area (Å²) in [6.07, 6.45) is 2.97. The molecule has 0 radical (unpaired) electrons. The molecule has 9 heteroatoms. The Morgan fingerprint density at radius 2 is 1.60 bits per heavy atom. The summed E-state index contributed by atoms with van der Waals surface area (Å²) < 4.78 is 19.0. The van der Waals surface area contributed by atoms with Crippen LogP contribution in [0, 0.1) is 0 Å². The van der Waals surface area contributed by atoms with Gasteiger partial charge in [0, 0.05) is 49.3 Å². The van der Waals surface area contributed by atoms with Gasteiger partial charge in [0.05, 0.1) is 18.2 Å². The third-order valence-corrected chi connectivity index (χ3v) is 8.95. The van der Waals surface area contributed by atoms with Gasteiger partial charge in [-0.15, -0.1) is 0 Å². The van der Waals surface area contributed by atoms with E-state index < -0.39 is 11.6 Å². The second-order valence-corrected chi connectivity index (χ2v) is 13.4. The highest BCUT2D eigenvalue weighted by atomic mass is 16.6. The Hall–Kier alpha value is -5.05. The fraction of sp³-hybridized carbons (Fsp3) is 0.359. The van der Waals surface area contributed by atoms with Crippen molar-refractivity contribution in [2.24, 2.45) is 0 Å². The quantitative estimate of drug-likeness (QED) is 0.194. The van der Waals surface area contributed by atoms with E-state index in [9.17, 15) is 14.4 Å². The molecule has 2 aliphatic rings. The molecule has 0 fully saturated rings. The molecule has 3 aromatic carbocycles. The highest BCUT2D eigenvalue weighted by Crippen LogP contribution is 2.37. The van der Waals surface area contributed by atoms with Gasteiger partial charge in [-0.3, -0.25) is 4.79 Å². The number of amides is 2. The smallest absolute Gasteiger partial charge is 0.410 e. The standard InChI is InChI=1S/C39H43N3O6/c1-39(2,3)48-38(45)41-20-18-27-21-31(32(37(44)46-5)22-28(27)24-41)35-23-33(34-13-9-10-19-42(34)35)36(43)40(4)29-14-16-30(17-15-29)47-25-26-11-7-6-8-12-26/h6-8,11-12,14-17,21-23H,9-10,13,18-20,24-25H2,1-5H3. The van der Waals surface area contributed by atoms with E-state index in [2.05, 4.69) is 4.57 Å². The van der Waals surface area contributed by atoms with Crippen molar-refractivity contribution in [3.05, 3.63) is 106 Å². The van der Waals surface area contributed by atoms with Gasteiger partial charge < -0.3 is 28.6 Å².